The molecule has 3 rings (SSSR count). The van der Waals surface area contributed by atoms with Gasteiger partial charge < -0.3 is 5.11 Å². The average Bonchev–Trinajstić information content (AvgIpc) is 2.99. The topological polar surface area (TPSA) is 122 Å². The lowest BCUT2D eigenvalue weighted by Crippen LogP contribution is -2.25. The summed E-state index contributed by atoms with van der Waals surface area (Å²) in [5, 5.41) is 27.5. The molecule has 3 aromatic rings. The predicted octanol–water partition coefficient (Wildman–Crippen LogP) is 1.97. The number of nitrogens with zero attached hydrogens (tertiary/aromatic N) is 3. The fraction of sp³-hybridized carbons (Fsp3) is 0.200. The molecule has 0 aliphatic heterocycles. The summed E-state index contributed by atoms with van der Waals surface area (Å²) in [7, 11) is -4.11. The van der Waals surface area contributed by atoms with E-state index in [1.165, 1.54) is 4.68 Å². The maximum atomic E-state index is 12.6. The van der Waals surface area contributed by atoms with Gasteiger partial charge in [-0.1, -0.05) is 42.5 Å². The normalized spacial score (nSPS) is 12.5. The molecule has 0 bridgehead atoms. The van der Waals surface area contributed by atoms with Crippen molar-refractivity contribution in [2.24, 2.45) is 5.14 Å². The van der Waals surface area contributed by atoms with Crippen LogP contribution in [0.1, 0.15) is 33.3 Å². The van der Waals surface area contributed by atoms with Crippen LogP contribution in [0.25, 0.3) is 5.69 Å². The van der Waals surface area contributed by atoms with Gasteiger partial charge in [0.1, 0.15) is 11.3 Å². The zero-order valence-corrected chi connectivity index (χ0v) is 16.1. The lowest BCUT2D eigenvalue weighted by molar-refractivity contribution is 0.299. The summed E-state index contributed by atoms with van der Waals surface area (Å²) >= 11 is 0. The quantitative estimate of drug-likeness (QED) is 0.659. The number of nitriles is 1. The minimum absolute atomic E-state index is 0.00346. The fourth-order valence-electron chi connectivity index (χ4n) is 3.18. The van der Waals surface area contributed by atoms with E-state index in [0.29, 0.717) is 23.4 Å². The number of aryl methyl sites for hydroxylation is 1. The highest BCUT2D eigenvalue weighted by atomic mass is 32.2. The Labute approximate surface area is 163 Å². The summed E-state index contributed by atoms with van der Waals surface area (Å²) in [6, 6.07) is 17.9. The first-order chi connectivity index (χ1) is 13.4. The highest BCUT2D eigenvalue weighted by molar-refractivity contribution is 7.89. The third-order valence-corrected chi connectivity index (χ3v) is 5.62. The maximum Gasteiger partial charge on any atom is 0.222 e. The van der Waals surface area contributed by atoms with Crippen molar-refractivity contribution in [3.05, 3.63) is 82.7 Å². The Kier molecular flexibility index (Phi) is 5.61. The van der Waals surface area contributed by atoms with E-state index in [1.54, 1.807) is 55.5 Å². The van der Waals surface area contributed by atoms with Gasteiger partial charge in [0, 0.05) is 6.61 Å². The second-order valence-corrected chi connectivity index (χ2v) is 8.04. The predicted molar refractivity (Wildman–Crippen MR) is 105 cm³/mol. The lowest BCUT2D eigenvalue weighted by Gasteiger charge is -2.18. The van der Waals surface area contributed by atoms with Crippen LogP contribution in [0.5, 0.6) is 0 Å². The molecule has 1 aromatic heterocycles. The van der Waals surface area contributed by atoms with E-state index in [2.05, 4.69) is 11.2 Å². The van der Waals surface area contributed by atoms with Crippen molar-refractivity contribution < 1.29 is 13.5 Å². The van der Waals surface area contributed by atoms with Crippen molar-refractivity contribution in [2.75, 3.05) is 6.61 Å². The molecule has 0 fully saturated rings. The zero-order chi connectivity index (χ0) is 20.3. The van der Waals surface area contributed by atoms with Crippen molar-refractivity contribution in [3.8, 4) is 11.8 Å². The van der Waals surface area contributed by atoms with Crippen LogP contribution in [0.2, 0.25) is 0 Å². The largest absolute Gasteiger partial charge is 0.396 e. The number of primary sulfonamides is 1. The Morgan fingerprint density at radius 2 is 1.82 bits per heavy atom. The standard InChI is InChI=1S/C20H20N4O3S/c1-14-18(13-21)19(24(23-14)17-5-3-2-4-6-17)20(28(22,26)27)16-9-7-15(8-10-16)11-12-25/h2-10,20,25H,11-12H2,1H3,(H2,22,26,27). The van der Waals surface area contributed by atoms with Crippen molar-refractivity contribution in [1.82, 2.24) is 9.78 Å². The highest BCUT2D eigenvalue weighted by Crippen LogP contribution is 2.34. The molecule has 0 saturated heterocycles. The van der Waals surface area contributed by atoms with Gasteiger partial charge in [-0.3, -0.25) is 0 Å². The minimum Gasteiger partial charge on any atom is -0.396 e. The highest BCUT2D eigenvalue weighted by Gasteiger charge is 2.33. The molecule has 0 amide bonds. The first-order valence-electron chi connectivity index (χ1n) is 8.63. The molecule has 1 atom stereocenters. The second-order valence-electron chi connectivity index (χ2n) is 6.39. The number of aliphatic hydroxyl groups is 1. The molecule has 2 aromatic carbocycles. The average molecular weight is 396 g/mol. The van der Waals surface area contributed by atoms with Crippen LogP contribution in [-0.2, 0) is 16.4 Å². The maximum absolute atomic E-state index is 12.6. The fourth-order valence-corrected chi connectivity index (χ4v) is 4.25. The number of aliphatic hydroxyl groups excluding tert-OH is 1. The van der Waals surface area contributed by atoms with Crippen molar-refractivity contribution in [1.29, 1.82) is 5.26 Å². The monoisotopic (exact) mass is 396 g/mol. The minimum atomic E-state index is -4.11. The Bertz CT molecular complexity index is 1110. The van der Waals surface area contributed by atoms with Crippen LogP contribution in [0.3, 0.4) is 0 Å². The van der Waals surface area contributed by atoms with Crippen LogP contribution >= 0.6 is 0 Å². The van der Waals surface area contributed by atoms with Crippen molar-refractivity contribution in [2.45, 2.75) is 18.6 Å². The molecular formula is C20H20N4O3S. The Morgan fingerprint density at radius 3 is 2.36 bits per heavy atom. The van der Waals surface area contributed by atoms with E-state index in [9.17, 15) is 13.7 Å². The Hall–Kier alpha value is -2.99. The number of nitrogens with two attached hydrogens (primary N) is 1. The number of aromatic nitrogens is 2. The molecule has 1 unspecified atom stereocenters. The van der Waals surface area contributed by atoms with E-state index in [4.69, 9.17) is 10.2 Å². The Morgan fingerprint density at radius 1 is 1.18 bits per heavy atom. The number of hydrogen-bond acceptors (Lipinski definition) is 5. The number of rotatable bonds is 6. The van der Waals surface area contributed by atoms with Crippen LogP contribution in [-0.4, -0.2) is 29.9 Å². The van der Waals surface area contributed by atoms with Gasteiger partial charge in [0.25, 0.3) is 0 Å². The molecule has 8 heteroatoms. The summed E-state index contributed by atoms with van der Waals surface area (Å²) < 4.78 is 26.6. The van der Waals surface area contributed by atoms with Crippen molar-refractivity contribution in [3.63, 3.8) is 0 Å². The molecule has 0 radical (unpaired) electrons. The molecule has 0 saturated carbocycles. The third kappa shape index (κ3) is 3.82. The number of sulfonamides is 1. The SMILES string of the molecule is Cc1nn(-c2ccccc2)c(C(c2ccc(CCO)cc2)S(N)(=O)=O)c1C#N. The van der Waals surface area contributed by atoms with Gasteiger partial charge in [-0.25, -0.2) is 18.2 Å². The summed E-state index contributed by atoms with van der Waals surface area (Å²) in [4.78, 5) is 0. The van der Waals surface area contributed by atoms with Crippen LogP contribution in [0.4, 0.5) is 0 Å². The molecular weight excluding hydrogens is 376 g/mol. The molecule has 144 valence electrons. The molecule has 0 aliphatic rings. The molecule has 1 heterocycles. The molecule has 3 N–H and O–H groups in total. The van der Waals surface area contributed by atoms with Gasteiger partial charge in [0.15, 0.2) is 0 Å². The summed E-state index contributed by atoms with van der Waals surface area (Å²) in [5.41, 5.74) is 2.75. The number of para-hydroxylation sites is 1. The smallest absolute Gasteiger partial charge is 0.222 e. The van der Waals surface area contributed by atoms with Crippen LogP contribution < -0.4 is 5.14 Å². The Balaban J connectivity index is 2.26. The van der Waals surface area contributed by atoms with Crippen molar-refractivity contribution >= 4 is 10.0 Å². The van der Waals surface area contributed by atoms with Gasteiger partial charge >= 0.3 is 0 Å². The number of hydrogen-bond donors (Lipinski definition) is 2. The summed E-state index contributed by atoms with van der Waals surface area (Å²) in [6.07, 6.45) is 0.463. The summed E-state index contributed by atoms with van der Waals surface area (Å²) in [5.74, 6) is 0. The van der Waals surface area contributed by atoms with Crippen LogP contribution in [0.15, 0.2) is 54.6 Å². The summed E-state index contributed by atoms with van der Waals surface area (Å²) in [6.45, 7) is 1.66. The first kappa shape index (κ1) is 19.8. The van der Waals surface area contributed by atoms with Gasteiger partial charge in [-0.15, -0.1) is 0 Å². The molecule has 7 nitrogen and oxygen atoms in total. The second kappa shape index (κ2) is 7.94. The lowest BCUT2D eigenvalue weighted by atomic mass is 10.0. The van der Waals surface area contributed by atoms with Gasteiger partial charge in [-0.2, -0.15) is 10.4 Å². The van der Waals surface area contributed by atoms with Gasteiger partial charge in [0.05, 0.1) is 22.6 Å². The number of benzene rings is 2. The zero-order valence-electron chi connectivity index (χ0n) is 15.3. The van der Waals surface area contributed by atoms with E-state index in [0.717, 1.165) is 5.56 Å². The first-order valence-corrected chi connectivity index (χ1v) is 10.2. The van der Waals surface area contributed by atoms with E-state index < -0.39 is 15.3 Å². The van der Waals surface area contributed by atoms with E-state index >= 15 is 0 Å². The van der Waals surface area contributed by atoms with E-state index in [1.807, 2.05) is 6.07 Å². The van der Waals surface area contributed by atoms with Gasteiger partial charge in [-0.05, 0) is 36.6 Å². The van der Waals surface area contributed by atoms with E-state index in [-0.39, 0.29) is 17.9 Å². The molecule has 0 aliphatic carbocycles. The van der Waals surface area contributed by atoms with Crippen LogP contribution in [0, 0.1) is 18.3 Å². The van der Waals surface area contributed by atoms with Gasteiger partial charge in [0.2, 0.25) is 10.0 Å². The third-order valence-electron chi connectivity index (χ3n) is 4.47. The molecule has 0 spiro atoms. The molecule has 28 heavy (non-hydrogen) atoms.